The fourth-order valence-electron chi connectivity index (χ4n) is 1.39. The quantitative estimate of drug-likeness (QED) is 0.880. The molecule has 94 valence electrons. The third-order valence-corrected chi connectivity index (χ3v) is 3.58. The highest BCUT2D eigenvalue weighted by Crippen LogP contribution is 2.28. The number of aliphatic carboxylic acids is 1. The van der Waals surface area contributed by atoms with Gasteiger partial charge in [-0.1, -0.05) is 6.07 Å². The van der Waals surface area contributed by atoms with E-state index in [4.69, 9.17) is 9.84 Å². The van der Waals surface area contributed by atoms with Gasteiger partial charge in [-0.2, -0.15) is 0 Å². The van der Waals surface area contributed by atoms with Crippen LogP contribution in [0.4, 0.5) is 0 Å². The molecule has 0 fully saturated rings. The summed E-state index contributed by atoms with van der Waals surface area (Å²) < 4.78 is 28.0. The maximum Gasteiger partial charge on any atom is 0.310 e. The van der Waals surface area contributed by atoms with Crippen molar-refractivity contribution in [1.29, 1.82) is 0 Å². The topological polar surface area (TPSA) is 80.7 Å². The number of carboxylic acids is 1. The SMILES string of the molecule is COc1ccc(C(C)C(=O)O)cc1S(C)(=O)=O. The van der Waals surface area contributed by atoms with E-state index >= 15 is 0 Å². The summed E-state index contributed by atoms with van der Waals surface area (Å²) in [5.41, 5.74) is 0.429. The van der Waals surface area contributed by atoms with Crippen LogP contribution in [0.1, 0.15) is 18.4 Å². The first-order valence-corrected chi connectivity index (χ1v) is 6.77. The molecule has 1 aromatic rings. The van der Waals surface area contributed by atoms with Gasteiger partial charge in [0, 0.05) is 6.26 Å². The van der Waals surface area contributed by atoms with Crippen LogP contribution in [0.3, 0.4) is 0 Å². The molecule has 0 aliphatic heterocycles. The van der Waals surface area contributed by atoms with Gasteiger partial charge in [-0.05, 0) is 24.6 Å². The molecular formula is C11H14O5S. The largest absolute Gasteiger partial charge is 0.495 e. The summed E-state index contributed by atoms with van der Waals surface area (Å²) >= 11 is 0. The predicted octanol–water partition coefficient (Wildman–Crippen LogP) is 1.29. The Kier molecular flexibility index (Phi) is 3.77. The van der Waals surface area contributed by atoms with E-state index < -0.39 is 21.7 Å². The Morgan fingerprint density at radius 3 is 2.41 bits per heavy atom. The molecule has 0 aliphatic carbocycles. The molecule has 1 N–H and O–H groups in total. The molecule has 0 saturated heterocycles. The Hall–Kier alpha value is -1.56. The highest BCUT2D eigenvalue weighted by atomic mass is 32.2. The van der Waals surface area contributed by atoms with Gasteiger partial charge in [0.05, 0.1) is 13.0 Å². The van der Waals surface area contributed by atoms with Crippen LogP contribution in [0.2, 0.25) is 0 Å². The first kappa shape index (κ1) is 13.5. The molecule has 0 spiro atoms. The van der Waals surface area contributed by atoms with E-state index in [0.717, 1.165) is 6.26 Å². The van der Waals surface area contributed by atoms with Crippen LogP contribution in [0.25, 0.3) is 0 Å². The van der Waals surface area contributed by atoms with E-state index in [2.05, 4.69) is 0 Å². The second-order valence-corrected chi connectivity index (χ2v) is 5.73. The van der Waals surface area contributed by atoms with Crippen LogP contribution in [0.15, 0.2) is 23.1 Å². The molecule has 6 heteroatoms. The van der Waals surface area contributed by atoms with Gasteiger partial charge in [0.25, 0.3) is 0 Å². The summed E-state index contributed by atoms with van der Waals surface area (Å²) in [5.74, 6) is -1.55. The number of sulfone groups is 1. The molecule has 1 aromatic carbocycles. The predicted molar refractivity (Wildman–Crippen MR) is 62.2 cm³/mol. The summed E-state index contributed by atoms with van der Waals surface area (Å²) in [5, 5.41) is 8.87. The number of hydrogen-bond acceptors (Lipinski definition) is 4. The molecule has 0 saturated carbocycles. The zero-order chi connectivity index (χ0) is 13.2. The number of carboxylic acid groups (broad SMARTS) is 1. The first-order valence-electron chi connectivity index (χ1n) is 4.88. The molecule has 1 rings (SSSR count). The summed E-state index contributed by atoms with van der Waals surface area (Å²) in [7, 11) is -2.08. The Balaban J connectivity index is 3.38. The van der Waals surface area contributed by atoms with E-state index in [1.807, 2.05) is 0 Å². The van der Waals surface area contributed by atoms with Crippen LogP contribution < -0.4 is 4.74 Å². The summed E-state index contributed by atoms with van der Waals surface area (Å²) in [4.78, 5) is 10.8. The van der Waals surface area contributed by atoms with Crippen LogP contribution in [-0.2, 0) is 14.6 Å². The molecule has 0 aromatic heterocycles. The van der Waals surface area contributed by atoms with Gasteiger partial charge >= 0.3 is 5.97 Å². The molecule has 17 heavy (non-hydrogen) atoms. The standard InChI is InChI=1S/C11H14O5S/c1-7(11(12)13)8-4-5-9(16-2)10(6-8)17(3,14)15/h4-7H,1-3H3,(H,12,13). The van der Waals surface area contributed by atoms with Crippen LogP contribution in [0, 0.1) is 0 Å². The monoisotopic (exact) mass is 258 g/mol. The van der Waals surface area contributed by atoms with E-state index in [-0.39, 0.29) is 10.6 Å². The van der Waals surface area contributed by atoms with Crippen molar-refractivity contribution in [2.75, 3.05) is 13.4 Å². The van der Waals surface area contributed by atoms with E-state index in [0.29, 0.717) is 5.56 Å². The fraction of sp³-hybridized carbons (Fsp3) is 0.364. The number of carbonyl (C=O) groups is 1. The second-order valence-electron chi connectivity index (χ2n) is 3.74. The molecule has 0 aliphatic rings. The van der Waals surface area contributed by atoms with Crippen molar-refractivity contribution < 1.29 is 23.1 Å². The zero-order valence-corrected chi connectivity index (χ0v) is 10.6. The molecule has 0 amide bonds. The van der Waals surface area contributed by atoms with Gasteiger partial charge in [-0.3, -0.25) is 4.79 Å². The van der Waals surface area contributed by atoms with Crippen molar-refractivity contribution in [1.82, 2.24) is 0 Å². The van der Waals surface area contributed by atoms with Crippen molar-refractivity contribution in [2.45, 2.75) is 17.7 Å². The minimum absolute atomic E-state index is 0.00519. The van der Waals surface area contributed by atoms with Crippen molar-refractivity contribution in [3.8, 4) is 5.75 Å². The second kappa shape index (κ2) is 4.75. The van der Waals surface area contributed by atoms with Gasteiger partial charge < -0.3 is 9.84 Å². The average molecular weight is 258 g/mol. The summed E-state index contributed by atoms with van der Waals surface area (Å²) in [6, 6.07) is 4.35. The highest BCUT2D eigenvalue weighted by Gasteiger charge is 2.19. The number of benzene rings is 1. The Labute approximate surface area is 100.0 Å². The maximum atomic E-state index is 11.5. The van der Waals surface area contributed by atoms with Crippen LogP contribution >= 0.6 is 0 Å². The van der Waals surface area contributed by atoms with E-state index in [1.165, 1.54) is 26.2 Å². The highest BCUT2D eigenvalue weighted by molar-refractivity contribution is 7.90. The van der Waals surface area contributed by atoms with Crippen molar-refractivity contribution in [3.05, 3.63) is 23.8 Å². The Bertz CT molecular complexity index is 533. The maximum absolute atomic E-state index is 11.5. The molecule has 1 atom stereocenters. The van der Waals surface area contributed by atoms with Gasteiger partial charge in [0.1, 0.15) is 10.6 Å². The third-order valence-electron chi connectivity index (χ3n) is 2.46. The first-order chi connectivity index (χ1) is 7.77. The molecule has 0 heterocycles. The average Bonchev–Trinajstić information content (AvgIpc) is 2.25. The van der Waals surface area contributed by atoms with Gasteiger partial charge in [-0.25, -0.2) is 8.42 Å². The lowest BCUT2D eigenvalue weighted by molar-refractivity contribution is -0.138. The zero-order valence-electron chi connectivity index (χ0n) is 9.80. The summed E-state index contributed by atoms with van der Waals surface area (Å²) in [6.45, 7) is 1.50. The number of methoxy groups -OCH3 is 1. The lowest BCUT2D eigenvalue weighted by atomic mass is 10.0. The number of ether oxygens (including phenoxy) is 1. The van der Waals surface area contributed by atoms with Crippen molar-refractivity contribution >= 4 is 15.8 Å². The van der Waals surface area contributed by atoms with Crippen molar-refractivity contribution in [3.63, 3.8) is 0 Å². The minimum atomic E-state index is -3.45. The lowest BCUT2D eigenvalue weighted by Gasteiger charge is -2.11. The number of rotatable bonds is 4. The van der Waals surface area contributed by atoms with Crippen LogP contribution in [0.5, 0.6) is 5.75 Å². The minimum Gasteiger partial charge on any atom is -0.495 e. The van der Waals surface area contributed by atoms with E-state index in [9.17, 15) is 13.2 Å². The van der Waals surface area contributed by atoms with Crippen molar-refractivity contribution in [2.24, 2.45) is 0 Å². The smallest absolute Gasteiger partial charge is 0.310 e. The van der Waals surface area contributed by atoms with Gasteiger partial charge in [0.2, 0.25) is 0 Å². The molecule has 1 unspecified atom stereocenters. The number of hydrogen-bond donors (Lipinski definition) is 1. The fourth-order valence-corrected chi connectivity index (χ4v) is 2.26. The molecule has 0 radical (unpaired) electrons. The lowest BCUT2D eigenvalue weighted by Crippen LogP contribution is -2.09. The van der Waals surface area contributed by atoms with Gasteiger partial charge in [0.15, 0.2) is 9.84 Å². The third kappa shape index (κ3) is 2.97. The van der Waals surface area contributed by atoms with Gasteiger partial charge in [-0.15, -0.1) is 0 Å². The van der Waals surface area contributed by atoms with E-state index in [1.54, 1.807) is 6.07 Å². The Morgan fingerprint density at radius 2 is 2.00 bits per heavy atom. The Morgan fingerprint density at radius 1 is 1.41 bits per heavy atom. The molecule has 0 bridgehead atoms. The molecule has 5 nitrogen and oxygen atoms in total. The van der Waals surface area contributed by atoms with Crippen LogP contribution in [-0.4, -0.2) is 32.9 Å². The molecular weight excluding hydrogens is 244 g/mol. The normalized spacial score (nSPS) is 13.1. The summed E-state index contributed by atoms with van der Waals surface area (Å²) in [6.07, 6.45) is 1.06.